The predicted molar refractivity (Wildman–Crippen MR) is 150 cm³/mol. The van der Waals surface area contributed by atoms with Crippen molar-refractivity contribution in [3.8, 4) is 5.69 Å². The molecule has 1 saturated heterocycles. The second kappa shape index (κ2) is 11.2. The minimum Gasteiger partial charge on any atom is -0.378 e. The number of benzene rings is 3. The van der Waals surface area contributed by atoms with Gasteiger partial charge in [0.05, 0.1) is 35.6 Å². The van der Waals surface area contributed by atoms with Crippen molar-refractivity contribution in [2.45, 2.75) is 24.9 Å². The smallest absolute Gasteiger partial charge is 0.266 e. The molecule has 0 atom stereocenters. The molecule has 1 aliphatic rings. The Morgan fingerprint density at radius 1 is 0.973 bits per heavy atom. The molecule has 3 aromatic carbocycles. The SMILES string of the molecule is CC(C)c1ccc(-n2c(SCC(=O)Nc3ccc(N4CCOCC4)cc3)nc3ccccc3c2=O)cc1. The average Bonchev–Trinajstić information content (AvgIpc) is 2.93. The molecule has 0 saturated carbocycles. The van der Waals surface area contributed by atoms with Crippen LogP contribution in [0.5, 0.6) is 0 Å². The number of fused-ring (bicyclic) bond motifs is 1. The lowest BCUT2D eigenvalue weighted by atomic mass is 10.0. The summed E-state index contributed by atoms with van der Waals surface area (Å²) in [7, 11) is 0. The van der Waals surface area contributed by atoms with Crippen molar-refractivity contribution in [1.29, 1.82) is 0 Å². The van der Waals surface area contributed by atoms with E-state index in [1.54, 1.807) is 10.6 Å². The van der Waals surface area contributed by atoms with Crippen LogP contribution in [0.3, 0.4) is 0 Å². The summed E-state index contributed by atoms with van der Waals surface area (Å²) in [5.41, 5.74) is 4.24. The number of aromatic nitrogens is 2. The van der Waals surface area contributed by atoms with E-state index in [1.807, 2.05) is 66.7 Å². The van der Waals surface area contributed by atoms with Crippen LogP contribution in [0, 0.1) is 0 Å². The summed E-state index contributed by atoms with van der Waals surface area (Å²) in [4.78, 5) is 33.3. The fraction of sp³-hybridized carbons (Fsp3) is 0.276. The van der Waals surface area contributed by atoms with E-state index in [2.05, 4.69) is 24.1 Å². The first kappa shape index (κ1) is 25.0. The van der Waals surface area contributed by atoms with Crippen LogP contribution >= 0.6 is 11.8 Å². The molecule has 7 nitrogen and oxygen atoms in total. The molecule has 4 aromatic rings. The van der Waals surface area contributed by atoms with E-state index in [0.29, 0.717) is 22.0 Å². The first-order valence-electron chi connectivity index (χ1n) is 12.5. The molecule has 2 heterocycles. The molecular formula is C29H30N4O3S. The minimum absolute atomic E-state index is 0.125. The zero-order valence-electron chi connectivity index (χ0n) is 21.0. The molecule has 0 aliphatic carbocycles. The molecule has 0 bridgehead atoms. The van der Waals surface area contributed by atoms with Gasteiger partial charge in [-0.15, -0.1) is 0 Å². The third-order valence-electron chi connectivity index (χ3n) is 6.42. The molecule has 0 unspecified atom stereocenters. The fourth-order valence-electron chi connectivity index (χ4n) is 4.35. The van der Waals surface area contributed by atoms with Crippen LogP contribution in [-0.2, 0) is 9.53 Å². The molecule has 1 N–H and O–H groups in total. The van der Waals surface area contributed by atoms with E-state index in [-0.39, 0.29) is 17.2 Å². The Morgan fingerprint density at radius 2 is 1.65 bits per heavy atom. The van der Waals surface area contributed by atoms with Crippen molar-refractivity contribution >= 4 is 39.9 Å². The third-order valence-corrected chi connectivity index (χ3v) is 7.36. The van der Waals surface area contributed by atoms with Crippen molar-refractivity contribution in [2.75, 3.05) is 42.3 Å². The van der Waals surface area contributed by atoms with Crippen molar-refractivity contribution in [3.63, 3.8) is 0 Å². The Hall–Kier alpha value is -3.62. The fourth-order valence-corrected chi connectivity index (χ4v) is 5.16. The van der Waals surface area contributed by atoms with Gasteiger partial charge >= 0.3 is 0 Å². The second-order valence-corrected chi connectivity index (χ2v) is 10.2. The third kappa shape index (κ3) is 5.70. The van der Waals surface area contributed by atoms with Gasteiger partial charge in [0, 0.05) is 24.5 Å². The summed E-state index contributed by atoms with van der Waals surface area (Å²) < 4.78 is 7.01. The van der Waals surface area contributed by atoms with Gasteiger partial charge in [0.1, 0.15) is 0 Å². The Bertz CT molecular complexity index is 1440. The quantitative estimate of drug-likeness (QED) is 0.274. The Balaban J connectivity index is 1.34. The number of anilines is 2. The number of hydrogen-bond acceptors (Lipinski definition) is 6. The topological polar surface area (TPSA) is 76.5 Å². The number of carbonyl (C=O) groups excluding carboxylic acids is 1. The average molecular weight is 515 g/mol. The monoisotopic (exact) mass is 514 g/mol. The highest BCUT2D eigenvalue weighted by Gasteiger charge is 2.16. The standard InChI is InChI=1S/C29H30N4O3S/c1-20(2)21-7-11-24(12-8-21)33-28(35)25-5-3-4-6-26(25)31-29(33)37-19-27(34)30-22-9-13-23(14-10-22)32-15-17-36-18-16-32/h3-14,20H,15-19H2,1-2H3,(H,30,34). The van der Waals surface area contributed by atoms with Gasteiger partial charge in [-0.1, -0.05) is 49.9 Å². The lowest BCUT2D eigenvalue weighted by Gasteiger charge is -2.28. The summed E-state index contributed by atoms with van der Waals surface area (Å²) in [5, 5.41) is 3.99. The molecule has 1 aromatic heterocycles. The molecular weight excluding hydrogens is 484 g/mol. The maximum Gasteiger partial charge on any atom is 0.266 e. The summed E-state index contributed by atoms with van der Waals surface area (Å²) in [5.74, 6) is 0.356. The number of carbonyl (C=O) groups is 1. The summed E-state index contributed by atoms with van der Waals surface area (Å²) >= 11 is 1.25. The number of thioether (sulfide) groups is 1. The number of nitrogens with one attached hydrogen (secondary N) is 1. The van der Waals surface area contributed by atoms with Crippen LogP contribution in [0.25, 0.3) is 16.6 Å². The van der Waals surface area contributed by atoms with Gasteiger partial charge in [-0.05, 0) is 60.0 Å². The normalized spacial score (nSPS) is 13.8. The highest BCUT2D eigenvalue weighted by atomic mass is 32.2. The van der Waals surface area contributed by atoms with Gasteiger partial charge < -0.3 is 15.0 Å². The van der Waals surface area contributed by atoms with E-state index in [9.17, 15) is 9.59 Å². The molecule has 1 fully saturated rings. The van der Waals surface area contributed by atoms with Crippen molar-refractivity contribution in [3.05, 3.63) is 88.7 Å². The lowest BCUT2D eigenvalue weighted by Crippen LogP contribution is -2.36. The van der Waals surface area contributed by atoms with E-state index in [0.717, 1.165) is 43.4 Å². The summed E-state index contributed by atoms with van der Waals surface area (Å²) in [6, 6.07) is 23.1. The Kier molecular flexibility index (Phi) is 7.58. The number of rotatable bonds is 7. The van der Waals surface area contributed by atoms with Gasteiger partial charge in [0.2, 0.25) is 5.91 Å². The van der Waals surface area contributed by atoms with E-state index < -0.39 is 0 Å². The van der Waals surface area contributed by atoms with Crippen LogP contribution in [0.2, 0.25) is 0 Å². The van der Waals surface area contributed by atoms with Gasteiger partial charge in [0.15, 0.2) is 5.16 Å². The molecule has 0 spiro atoms. The van der Waals surface area contributed by atoms with Crippen LogP contribution in [0.1, 0.15) is 25.3 Å². The Morgan fingerprint density at radius 3 is 2.35 bits per heavy atom. The van der Waals surface area contributed by atoms with Gasteiger partial charge in [-0.2, -0.15) is 0 Å². The maximum atomic E-state index is 13.5. The lowest BCUT2D eigenvalue weighted by molar-refractivity contribution is -0.113. The second-order valence-electron chi connectivity index (χ2n) is 9.28. The number of hydrogen-bond donors (Lipinski definition) is 1. The first-order valence-corrected chi connectivity index (χ1v) is 13.5. The molecule has 1 amide bonds. The highest BCUT2D eigenvalue weighted by molar-refractivity contribution is 7.99. The van der Waals surface area contributed by atoms with Crippen LogP contribution in [-0.4, -0.2) is 47.5 Å². The van der Waals surface area contributed by atoms with E-state index in [4.69, 9.17) is 9.72 Å². The molecule has 8 heteroatoms. The van der Waals surface area contributed by atoms with Gasteiger partial charge in [0.25, 0.3) is 5.56 Å². The van der Waals surface area contributed by atoms with Gasteiger partial charge in [-0.25, -0.2) is 4.98 Å². The van der Waals surface area contributed by atoms with E-state index in [1.165, 1.54) is 17.3 Å². The number of nitrogens with zero attached hydrogens (tertiary/aromatic N) is 3. The number of para-hydroxylation sites is 1. The summed E-state index contributed by atoms with van der Waals surface area (Å²) in [6.07, 6.45) is 0. The zero-order valence-corrected chi connectivity index (χ0v) is 21.8. The predicted octanol–water partition coefficient (Wildman–Crippen LogP) is 5.08. The van der Waals surface area contributed by atoms with Crippen molar-refractivity contribution in [2.24, 2.45) is 0 Å². The van der Waals surface area contributed by atoms with Crippen LogP contribution in [0.15, 0.2) is 82.7 Å². The Labute approximate surface area is 220 Å². The zero-order chi connectivity index (χ0) is 25.8. The van der Waals surface area contributed by atoms with E-state index >= 15 is 0 Å². The summed E-state index contributed by atoms with van der Waals surface area (Å²) in [6.45, 7) is 7.45. The van der Waals surface area contributed by atoms with Crippen molar-refractivity contribution in [1.82, 2.24) is 9.55 Å². The van der Waals surface area contributed by atoms with Crippen LogP contribution in [0.4, 0.5) is 11.4 Å². The van der Waals surface area contributed by atoms with Crippen molar-refractivity contribution < 1.29 is 9.53 Å². The number of morpholine rings is 1. The molecule has 0 radical (unpaired) electrons. The minimum atomic E-state index is -0.159. The highest BCUT2D eigenvalue weighted by Crippen LogP contribution is 2.24. The molecule has 37 heavy (non-hydrogen) atoms. The number of amides is 1. The largest absolute Gasteiger partial charge is 0.378 e. The van der Waals surface area contributed by atoms with Crippen LogP contribution < -0.4 is 15.8 Å². The first-order chi connectivity index (χ1) is 18.0. The van der Waals surface area contributed by atoms with Gasteiger partial charge in [-0.3, -0.25) is 14.2 Å². The molecule has 190 valence electrons. The maximum absolute atomic E-state index is 13.5. The molecule has 5 rings (SSSR count). The molecule has 1 aliphatic heterocycles. The number of ether oxygens (including phenoxy) is 1.